The number of ether oxygens (including phenoxy) is 1. The topological polar surface area (TPSA) is 81.5 Å². The van der Waals surface area contributed by atoms with Crippen LogP contribution in [0.2, 0.25) is 0 Å². The Labute approximate surface area is 211 Å². The average Bonchev–Trinajstić information content (AvgIpc) is 2.88. The molecule has 1 amide bonds. The monoisotopic (exact) mass is 487 g/mol. The summed E-state index contributed by atoms with van der Waals surface area (Å²) in [6, 6.07) is 15.3. The highest BCUT2D eigenvalue weighted by Gasteiger charge is 2.32. The van der Waals surface area contributed by atoms with Crippen molar-refractivity contribution in [1.29, 1.82) is 0 Å². The van der Waals surface area contributed by atoms with E-state index in [1.54, 1.807) is 18.0 Å². The number of likely N-dealkylation sites (tertiary alicyclic amines) is 1. The molecule has 4 rings (SSSR count). The Balaban J connectivity index is 1.79. The molecular weight excluding hydrogens is 454 g/mol. The fourth-order valence-corrected chi connectivity index (χ4v) is 4.88. The zero-order chi connectivity index (χ0) is 25.7. The van der Waals surface area contributed by atoms with Gasteiger partial charge in [0.1, 0.15) is 5.56 Å². The second-order valence-electron chi connectivity index (χ2n) is 9.32. The zero-order valence-corrected chi connectivity index (χ0v) is 21.2. The minimum Gasteiger partial charge on any atom is -0.466 e. The summed E-state index contributed by atoms with van der Waals surface area (Å²) < 4.78 is 7.23. The maximum absolute atomic E-state index is 13.9. The Morgan fingerprint density at radius 2 is 1.89 bits per heavy atom. The van der Waals surface area contributed by atoms with E-state index in [0.29, 0.717) is 44.7 Å². The summed E-state index contributed by atoms with van der Waals surface area (Å²) in [6.07, 6.45) is 3.54. The summed E-state index contributed by atoms with van der Waals surface area (Å²) >= 11 is 0. The summed E-state index contributed by atoms with van der Waals surface area (Å²) in [5.41, 5.74) is 4.30. The lowest BCUT2D eigenvalue weighted by atomic mass is 9.95. The van der Waals surface area contributed by atoms with Crippen molar-refractivity contribution in [2.45, 2.75) is 46.6 Å². The highest BCUT2D eigenvalue weighted by atomic mass is 16.5. The minimum absolute atomic E-state index is 0.171. The molecule has 2 aromatic heterocycles. The van der Waals surface area contributed by atoms with Crippen molar-refractivity contribution in [2.75, 3.05) is 19.7 Å². The van der Waals surface area contributed by atoms with Gasteiger partial charge in [-0.15, -0.1) is 0 Å². The molecule has 1 aliphatic heterocycles. The lowest BCUT2D eigenvalue weighted by molar-refractivity contribution is -0.149. The Hall–Kier alpha value is -3.74. The molecule has 7 heteroatoms. The molecule has 0 saturated carbocycles. The first-order chi connectivity index (χ1) is 17.4. The molecule has 1 atom stereocenters. The minimum atomic E-state index is -0.372. The second kappa shape index (κ2) is 11.3. The van der Waals surface area contributed by atoms with E-state index < -0.39 is 0 Å². The molecule has 0 bridgehead atoms. The fourth-order valence-electron chi connectivity index (χ4n) is 4.88. The van der Waals surface area contributed by atoms with Gasteiger partial charge in [-0.25, -0.2) is 0 Å². The van der Waals surface area contributed by atoms with E-state index in [-0.39, 0.29) is 35.3 Å². The van der Waals surface area contributed by atoms with Gasteiger partial charge in [0.05, 0.1) is 24.8 Å². The quantitative estimate of drug-likeness (QED) is 0.472. The van der Waals surface area contributed by atoms with Crippen LogP contribution >= 0.6 is 0 Å². The molecule has 3 aromatic rings. The first kappa shape index (κ1) is 25.4. The normalized spacial score (nSPS) is 15.5. The highest BCUT2D eigenvalue weighted by Crippen LogP contribution is 2.23. The standard InChI is InChI=1S/C29H33N3O4/c1-4-36-29(35)23-12-9-15-31(18-23)28(34)27-25(17-22-11-6-5-10-20(22)2)32(21(3)16-26(27)33)19-24-13-7-8-14-30-24/h5-8,10-11,13-14,16,23H,4,9,12,15,17-19H2,1-3H3. The van der Waals surface area contributed by atoms with Crippen LogP contribution in [0, 0.1) is 19.8 Å². The van der Waals surface area contributed by atoms with Crippen molar-refractivity contribution in [3.05, 3.63) is 98.7 Å². The molecule has 1 fully saturated rings. The zero-order valence-electron chi connectivity index (χ0n) is 21.2. The van der Waals surface area contributed by atoms with Crippen LogP contribution in [0.3, 0.4) is 0 Å². The second-order valence-corrected chi connectivity index (χ2v) is 9.32. The van der Waals surface area contributed by atoms with Crippen LogP contribution in [-0.2, 0) is 22.5 Å². The SMILES string of the molecule is CCOC(=O)C1CCCN(C(=O)c2c(Cc3ccccc3C)n(Cc3ccccn3)c(C)cc2=O)C1. The number of benzene rings is 1. The van der Waals surface area contributed by atoms with Crippen molar-refractivity contribution in [1.82, 2.24) is 14.5 Å². The van der Waals surface area contributed by atoms with Crippen molar-refractivity contribution >= 4 is 11.9 Å². The maximum atomic E-state index is 13.9. The van der Waals surface area contributed by atoms with E-state index in [0.717, 1.165) is 22.5 Å². The van der Waals surface area contributed by atoms with Crippen molar-refractivity contribution in [3.63, 3.8) is 0 Å². The number of aromatic nitrogens is 2. The van der Waals surface area contributed by atoms with Crippen molar-refractivity contribution < 1.29 is 14.3 Å². The van der Waals surface area contributed by atoms with Crippen LogP contribution in [-0.4, -0.2) is 46.0 Å². The Bertz CT molecular complexity index is 1300. The van der Waals surface area contributed by atoms with Crippen LogP contribution in [0.15, 0.2) is 59.5 Å². The third kappa shape index (κ3) is 5.56. The number of carbonyl (C=O) groups is 2. The summed E-state index contributed by atoms with van der Waals surface area (Å²) in [7, 11) is 0. The molecule has 1 aromatic carbocycles. The molecule has 1 saturated heterocycles. The number of pyridine rings is 2. The summed E-state index contributed by atoms with van der Waals surface area (Å²) in [5.74, 6) is -0.984. The number of aryl methyl sites for hydroxylation is 2. The molecule has 188 valence electrons. The lowest BCUT2D eigenvalue weighted by Gasteiger charge is -2.32. The molecule has 1 unspecified atom stereocenters. The third-order valence-electron chi connectivity index (χ3n) is 6.83. The van der Waals surface area contributed by atoms with E-state index in [1.807, 2.05) is 60.9 Å². The number of amides is 1. The van der Waals surface area contributed by atoms with Gasteiger partial charge in [-0.05, 0) is 56.9 Å². The predicted octanol–water partition coefficient (Wildman–Crippen LogP) is 3.91. The van der Waals surface area contributed by atoms with Crippen molar-refractivity contribution in [2.24, 2.45) is 5.92 Å². The molecule has 36 heavy (non-hydrogen) atoms. The van der Waals surface area contributed by atoms with Crippen LogP contribution < -0.4 is 5.43 Å². The smallest absolute Gasteiger partial charge is 0.310 e. The van der Waals surface area contributed by atoms with Gasteiger partial charge in [-0.2, -0.15) is 0 Å². The summed E-state index contributed by atoms with van der Waals surface area (Å²) in [4.78, 5) is 45.8. The van der Waals surface area contributed by atoms with E-state index in [1.165, 1.54) is 6.07 Å². The van der Waals surface area contributed by atoms with E-state index in [2.05, 4.69) is 4.98 Å². The number of piperidine rings is 1. The number of nitrogens with zero attached hydrogens (tertiary/aromatic N) is 3. The molecule has 7 nitrogen and oxygen atoms in total. The molecule has 0 radical (unpaired) electrons. The van der Waals surface area contributed by atoms with Gasteiger partial charge in [-0.1, -0.05) is 30.3 Å². The molecular formula is C29H33N3O4. The first-order valence-electron chi connectivity index (χ1n) is 12.5. The molecule has 0 aliphatic carbocycles. The van der Waals surface area contributed by atoms with Crippen LogP contribution in [0.4, 0.5) is 0 Å². The number of rotatable bonds is 7. The van der Waals surface area contributed by atoms with Gasteiger partial charge >= 0.3 is 5.97 Å². The van der Waals surface area contributed by atoms with E-state index in [4.69, 9.17) is 4.74 Å². The number of hydrogen-bond acceptors (Lipinski definition) is 5. The van der Waals surface area contributed by atoms with Gasteiger partial charge in [-0.3, -0.25) is 19.4 Å². The summed E-state index contributed by atoms with van der Waals surface area (Å²) in [6.45, 7) is 7.21. The van der Waals surface area contributed by atoms with Crippen LogP contribution in [0.5, 0.6) is 0 Å². The van der Waals surface area contributed by atoms with Gasteiger partial charge in [0.15, 0.2) is 5.43 Å². The summed E-state index contributed by atoms with van der Waals surface area (Å²) in [5, 5.41) is 0. The predicted molar refractivity (Wildman–Crippen MR) is 138 cm³/mol. The molecule has 3 heterocycles. The Morgan fingerprint density at radius 3 is 2.61 bits per heavy atom. The number of esters is 1. The van der Waals surface area contributed by atoms with E-state index in [9.17, 15) is 14.4 Å². The van der Waals surface area contributed by atoms with Gasteiger partial charge in [0.25, 0.3) is 5.91 Å². The average molecular weight is 488 g/mol. The van der Waals surface area contributed by atoms with Gasteiger partial charge < -0.3 is 14.2 Å². The Kier molecular flexibility index (Phi) is 7.98. The Morgan fingerprint density at radius 1 is 1.11 bits per heavy atom. The number of hydrogen-bond donors (Lipinski definition) is 0. The van der Waals surface area contributed by atoms with Crippen LogP contribution in [0.25, 0.3) is 0 Å². The molecule has 1 aliphatic rings. The molecule has 0 spiro atoms. The van der Waals surface area contributed by atoms with E-state index >= 15 is 0 Å². The largest absolute Gasteiger partial charge is 0.466 e. The third-order valence-corrected chi connectivity index (χ3v) is 6.83. The van der Waals surface area contributed by atoms with Crippen molar-refractivity contribution in [3.8, 4) is 0 Å². The number of carbonyl (C=O) groups excluding carboxylic acids is 2. The van der Waals surface area contributed by atoms with Crippen LogP contribution in [0.1, 0.15) is 58.3 Å². The maximum Gasteiger partial charge on any atom is 0.310 e. The van der Waals surface area contributed by atoms with Gasteiger partial charge in [0.2, 0.25) is 0 Å². The fraction of sp³-hybridized carbons (Fsp3) is 0.379. The lowest BCUT2D eigenvalue weighted by Crippen LogP contribution is -2.45. The molecule has 0 N–H and O–H groups in total. The van der Waals surface area contributed by atoms with Gasteiger partial charge in [0, 0.05) is 43.2 Å². The first-order valence-corrected chi connectivity index (χ1v) is 12.5. The highest BCUT2D eigenvalue weighted by molar-refractivity contribution is 5.96.